The summed E-state index contributed by atoms with van der Waals surface area (Å²) >= 11 is 0. The molecule has 11 heteroatoms. The number of anilines is 1. The second kappa shape index (κ2) is 10.1. The van der Waals surface area contributed by atoms with Crippen LogP contribution in [0.5, 0.6) is 0 Å². The Morgan fingerprint density at radius 1 is 1.18 bits per heavy atom. The lowest BCUT2D eigenvalue weighted by Gasteiger charge is -2.39. The van der Waals surface area contributed by atoms with E-state index < -0.39 is 15.4 Å². The number of rotatable bonds is 6. The van der Waals surface area contributed by atoms with Gasteiger partial charge in [-0.1, -0.05) is 30.3 Å². The van der Waals surface area contributed by atoms with Gasteiger partial charge in [0.1, 0.15) is 11.2 Å². The Morgan fingerprint density at radius 3 is 2.63 bits per heavy atom. The maximum atomic E-state index is 14.2. The summed E-state index contributed by atoms with van der Waals surface area (Å²) in [6.07, 6.45) is 7.81. The number of hydrogen-bond donors (Lipinski definition) is 1. The Balaban J connectivity index is 1.51. The van der Waals surface area contributed by atoms with Crippen molar-refractivity contribution in [3.05, 3.63) is 59.4 Å². The van der Waals surface area contributed by atoms with Gasteiger partial charge in [-0.15, -0.1) is 0 Å². The minimum Gasteiger partial charge on any atom is -0.355 e. The third kappa shape index (κ3) is 5.17. The van der Waals surface area contributed by atoms with Gasteiger partial charge in [0, 0.05) is 49.7 Å². The molecule has 2 aromatic heterocycles. The molecule has 4 heterocycles. The number of benzene rings is 1. The van der Waals surface area contributed by atoms with E-state index in [-0.39, 0.29) is 18.0 Å². The maximum Gasteiger partial charge on any atom is 0.249 e. The largest absolute Gasteiger partial charge is 0.355 e. The monoisotopic (exact) mass is 537 g/mol. The van der Waals surface area contributed by atoms with Crippen LogP contribution in [0.1, 0.15) is 55.5 Å². The summed E-state index contributed by atoms with van der Waals surface area (Å²) in [6.45, 7) is 5.96. The summed E-state index contributed by atoms with van der Waals surface area (Å²) in [5.74, 6) is 0.718. The molecule has 10 nitrogen and oxygen atoms in total. The molecule has 0 radical (unpaired) electrons. The summed E-state index contributed by atoms with van der Waals surface area (Å²) in [7, 11) is -3.67. The van der Waals surface area contributed by atoms with Gasteiger partial charge in [0.15, 0.2) is 5.65 Å². The molecule has 2 fully saturated rings. The van der Waals surface area contributed by atoms with Crippen LogP contribution in [0, 0.1) is 6.92 Å². The molecule has 5 rings (SSSR count). The highest BCUT2D eigenvalue weighted by Crippen LogP contribution is 2.36. The average Bonchev–Trinajstić information content (AvgIpc) is 3.52. The molecule has 38 heavy (non-hydrogen) atoms. The van der Waals surface area contributed by atoms with Gasteiger partial charge < -0.3 is 15.5 Å². The molecule has 2 saturated heterocycles. The number of sulfonamides is 1. The lowest BCUT2D eigenvalue weighted by atomic mass is 9.81. The van der Waals surface area contributed by atoms with Gasteiger partial charge in [-0.2, -0.15) is 9.50 Å². The molecule has 2 N–H and O–H groups in total. The molecule has 0 unspecified atom stereocenters. The van der Waals surface area contributed by atoms with Gasteiger partial charge in [-0.05, 0) is 45.1 Å². The van der Waals surface area contributed by atoms with Gasteiger partial charge in [0.05, 0.1) is 18.0 Å². The number of nitrogens with zero attached hydrogens (tertiary/aromatic N) is 6. The van der Waals surface area contributed by atoms with E-state index >= 15 is 0 Å². The Bertz CT molecular complexity index is 1470. The van der Waals surface area contributed by atoms with Crippen LogP contribution in [0.25, 0.3) is 5.65 Å². The van der Waals surface area contributed by atoms with E-state index in [4.69, 9.17) is 15.8 Å². The third-order valence-corrected chi connectivity index (χ3v) is 8.06. The highest BCUT2D eigenvalue weighted by atomic mass is 32.2. The van der Waals surface area contributed by atoms with E-state index in [1.54, 1.807) is 11.4 Å². The average molecular weight is 538 g/mol. The molecule has 0 bridgehead atoms. The van der Waals surface area contributed by atoms with Crippen molar-refractivity contribution in [2.75, 3.05) is 30.8 Å². The number of likely N-dealkylation sites (tertiary alicyclic amines) is 1. The van der Waals surface area contributed by atoms with Crippen molar-refractivity contribution in [1.29, 1.82) is 0 Å². The number of piperidine rings is 1. The molecule has 202 valence electrons. The molecule has 0 spiro atoms. The lowest BCUT2D eigenvalue weighted by molar-refractivity contribution is -0.138. The number of carbonyl (C=O) groups excluding carboxylic acids is 1. The minimum absolute atomic E-state index is 0.153. The Kier molecular flexibility index (Phi) is 6.99. The van der Waals surface area contributed by atoms with Crippen LogP contribution in [0.4, 0.5) is 5.82 Å². The zero-order valence-electron chi connectivity index (χ0n) is 22.1. The van der Waals surface area contributed by atoms with Crippen LogP contribution >= 0.6 is 0 Å². The number of carbonyl (C=O) groups is 1. The second-order valence-electron chi connectivity index (χ2n) is 10.7. The first-order valence-electron chi connectivity index (χ1n) is 13.1. The Hall–Kier alpha value is -3.31. The Morgan fingerprint density at radius 2 is 1.95 bits per heavy atom. The summed E-state index contributed by atoms with van der Waals surface area (Å²) in [6, 6.07) is 11.1. The van der Waals surface area contributed by atoms with Gasteiger partial charge in [0.25, 0.3) is 0 Å². The van der Waals surface area contributed by atoms with Crippen molar-refractivity contribution in [2.45, 2.75) is 57.0 Å². The van der Waals surface area contributed by atoms with Gasteiger partial charge in [-0.25, -0.2) is 17.9 Å². The number of hydrogen-bond acceptors (Lipinski definition) is 7. The quantitative estimate of drug-likeness (QED) is 0.479. The van der Waals surface area contributed by atoms with Crippen LogP contribution in [-0.4, -0.2) is 72.0 Å². The SMILES string of the molecule is Cc1cn2nc([C@@H]3CCCCN3C(=O)[C@](C)(/C=N\S(C)(=O)=O)c3ccccc3)cc2nc1N1CC[C@H](N)C1. The maximum absolute atomic E-state index is 14.2. The lowest BCUT2D eigenvalue weighted by Crippen LogP contribution is -2.49. The van der Waals surface area contributed by atoms with Crippen molar-refractivity contribution in [1.82, 2.24) is 19.5 Å². The van der Waals surface area contributed by atoms with E-state index in [1.165, 1.54) is 6.21 Å². The molecule has 0 saturated carbocycles. The molecule has 3 aromatic rings. The van der Waals surface area contributed by atoms with Crippen LogP contribution in [0.2, 0.25) is 0 Å². The predicted octanol–water partition coefficient (Wildman–Crippen LogP) is 2.62. The highest BCUT2D eigenvalue weighted by molar-refractivity contribution is 7.89. The summed E-state index contributed by atoms with van der Waals surface area (Å²) in [4.78, 5) is 23.2. The first-order chi connectivity index (χ1) is 18.0. The number of amides is 1. The number of nitrogens with two attached hydrogens (primary N) is 1. The first-order valence-corrected chi connectivity index (χ1v) is 14.9. The third-order valence-electron chi connectivity index (χ3n) is 7.57. The van der Waals surface area contributed by atoms with Crippen molar-refractivity contribution in [2.24, 2.45) is 10.1 Å². The first kappa shape index (κ1) is 26.3. The molecule has 2 aliphatic rings. The normalized spacial score (nSPS) is 22.3. The Labute approximate surface area is 223 Å². The molecule has 2 aliphatic heterocycles. The van der Waals surface area contributed by atoms with Gasteiger partial charge in [-0.3, -0.25) is 4.79 Å². The fraction of sp³-hybridized carbons (Fsp3) is 0.481. The fourth-order valence-corrected chi connectivity index (χ4v) is 5.90. The van der Waals surface area contributed by atoms with Gasteiger partial charge >= 0.3 is 0 Å². The summed E-state index contributed by atoms with van der Waals surface area (Å²) < 4.78 is 29.4. The molecular weight excluding hydrogens is 502 g/mol. The van der Waals surface area contributed by atoms with Crippen molar-refractivity contribution in [3.8, 4) is 0 Å². The molecule has 1 aromatic carbocycles. The fourth-order valence-electron chi connectivity index (χ4n) is 5.50. The van der Waals surface area contributed by atoms with E-state index in [0.717, 1.165) is 67.8 Å². The molecular formula is C27H35N7O3S. The van der Waals surface area contributed by atoms with E-state index in [2.05, 4.69) is 9.30 Å². The van der Waals surface area contributed by atoms with Crippen LogP contribution in [0.3, 0.4) is 0 Å². The number of fused-ring (bicyclic) bond motifs is 1. The number of aromatic nitrogens is 3. The number of aryl methyl sites for hydroxylation is 1. The van der Waals surface area contributed by atoms with Crippen LogP contribution in [0.15, 0.2) is 47.0 Å². The van der Waals surface area contributed by atoms with Crippen LogP contribution in [-0.2, 0) is 20.2 Å². The van der Waals surface area contributed by atoms with E-state index in [1.807, 2.05) is 54.4 Å². The molecule has 3 atom stereocenters. The standard InChI is InChI=1S/C27H35N7O3S/c1-19-16-34-24(30-25(19)32-14-12-21(28)17-32)15-22(31-34)23-11-7-8-13-33(23)26(35)27(2,18-29-38(3,36)37)20-9-5-4-6-10-20/h4-6,9-10,15-16,18,21,23H,7-8,11-14,17,28H2,1-3H3/b29-18-/t21-,23-,27+/m0/s1. The van der Waals surface area contributed by atoms with Crippen molar-refractivity contribution >= 4 is 33.6 Å². The van der Waals surface area contributed by atoms with Crippen molar-refractivity contribution in [3.63, 3.8) is 0 Å². The highest BCUT2D eigenvalue weighted by Gasteiger charge is 2.42. The second-order valence-corrected chi connectivity index (χ2v) is 12.3. The molecule has 0 aliphatic carbocycles. The zero-order valence-corrected chi connectivity index (χ0v) is 22.9. The summed E-state index contributed by atoms with van der Waals surface area (Å²) in [5, 5.41) is 4.84. The zero-order chi connectivity index (χ0) is 27.1. The van der Waals surface area contributed by atoms with Crippen molar-refractivity contribution < 1.29 is 13.2 Å². The topological polar surface area (TPSA) is 126 Å². The van der Waals surface area contributed by atoms with E-state index in [0.29, 0.717) is 12.1 Å². The van der Waals surface area contributed by atoms with Gasteiger partial charge in [0.2, 0.25) is 15.9 Å². The summed E-state index contributed by atoms with van der Waals surface area (Å²) in [5.41, 5.74) is 8.07. The van der Waals surface area contributed by atoms with Crippen LogP contribution < -0.4 is 10.6 Å². The predicted molar refractivity (Wildman–Crippen MR) is 148 cm³/mol. The minimum atomic E-state index is -3.67. The smallest absolute Gasteiger partial charge is 0.249 e. The van der Waals surface area contributed by atoms with E-state index in [9.17, 15) is 13.2 Å². The molecule has 1 amide bonds.